The molecule has 0 amide bonds. The Bertz CT molecular complexity index is 465. The SMILES string of the molecule is CC(C)(C)[C@H](N)C[C@@H](O)c1cc(C(F)(F)F)ccc1F. The second kappa shape index (κ2) is 5.69. The number of aliphatic hydroxyl groups is 1. The summed E-state index contributed by atoms with van der Waals surface area (Å²) in [7, 11) is 0. The minimum Gasteiger partial charge on any atom is -0.388 e. The summed E-state index contributed by atoms with van der Waals surface area (Å²) in [5, 5.41) is 9.94. The van der Waals surface area contributed by atoms with Crippen molar-refractivity contribution in [3.05, 3.63) is 35.1 Å². The van der Waals surface area contributed by atoms with E-state index in [4.69, 9.17) is 5.73 Å². The van der Waals surface area contributed by atoms with Crippen LogP contribution in [-0.2, 0) is 6.18 Å². The molecule has 2 atom stereocenters. The van der Waals surface area contributed by atoms with Crippen LogP contribution in [0.2, 0.25) is 0 Å². The van der Waals surface area contributed by atoms with Crippen LogP contribution in [0.4, 0.5) is 17.6 Å². The molecule has 20 heavy (non-hydrogen) atoms. The minimum absolute atomic E-state index is 0.0122. The molecule has 1 aromatic carbocycles. The van der Waals surface area contributed by atoms with E-state index in [2.05, 4.69) is 0 Å². The van der Waals surface area contributed by atoms with Crippen molar-refractivity contribution in [2.24, 2.45) is 11.1 Å². The Balaban J connectivity index is 3.01. The van der Waals surface area contributed by atoms with Gasteiger partial charge >= 0.3 is 6.18 Å². The van der Waals surface area contributed by atoms with E-state index in [0.29, 0.717) is 18.2 Å². The van der Waals surface area contributed by atoms with E-state index < -0.39 is 29.7 Å². The first-order chi connectivity index (χ1) is 8.93. The number of rotatable bonds is 3. The third kappa shape index (κ3) is 4.18. The molecule has 1 rings (SSSR count). The van der Waals surface area contributed by atoms with Gasteiger partial charge < -0.3 is 10.8 Å². The molecule has 0 saturated carbocycles. The van der Waals surface area contributed by atoms with Crippen molar-refractivity contribution in [3.8, 4) is 0 Å². The monoisotopic (exact) mass is 293 g/mol. The third-order valence-electron chi connectivity index (χ3n) is 3.27. The van der Waals surface area contributed by atoms with Gasteiger partial charge in [0.25, 0.3) is 0 Å². The van der Waals surface area contributed by atoms with E-state index in [9.17, 15) is 22.7 Å². The molecule has 2 nitrogen and oxygen atoms in total. The van der Waals surface area contributed by atoms with Crippen molar-refractivity contribution in [3.63, 3.8) is 0 Å². The highest BCUT2D eigenvalue weighted by Gasteiger charge is 2.32. The van der Waals surface area contributed by atoms with Crippen LogP contribution >= 0.6 is 0 Å². The first-order valence-corrected chi connectivity index (χ1v) is 6.23. The molecule has 0 aliphatic rings. The van der Waals surface area contributed by atoms with Crippen LogP contribution in [-0.4, -0.2) is 11.1 Å². The Hall–Kier alpha value is -1.14. The lowest BCUT2D eigenvalue weighted by molar-refractivity contribution is -0.137. The van der Waals surface area contributed by atoms with Crippen LogP contribution in [0.25, 0.3) is 0 Å². The Morgan fingerprint density at radius 1 is 1.20 bits per heavy atom. The summed E-state index contributed by atoms with van der Waals surface area (Å²) >= 11 is 0. The summed E-state index contributed by atoms with van der Waals surface area (Å²) in [6, 6.07) is 1.53. The second-order valence-electron chi connectivity index (χ2n) is 5.96. The highest BCUT2D eigenvalue weighted by molar-refractivity contribution is 5.28. The Kier molecular flexibility index (Phi) is 4.82. The molecule has 0 spiro atoms. The Morgan fingerprint density at radius 2 is 1.75 bits per heavy atom. The summed E-state index contributed by atoms with van der Waals surface area (Å²) < 4.78 is 51.3. The fraction of sp³-hybridized carbons (Fsp3) is 0.571. The largest absolute Gasteiger partial charge is 0.416 e. The Labute approximate surface area is 115 Å². The first kappa shape index (κ1) is 16.9. The molecule has 114 valence electrons. The lowest BCUT2D eigenvalue weighted by Gasteiger charge is -2.29. The van der Waals surface area contributed by atoms with E-state index in [1.807, 2.05) is 20.8 Å². The van der Waals surface area contributed by atoms with Crippen molar-refractivity contribution in [1.29, 1.82) is 0 Å². The topological polar surface area (TPSA) is 46.2 Å². The molecule has 0 aliphatic carbocycles. The number of alkyl halides is 3. The van der Waals surface area contributed by atoms with Gasteiger partial charge in [-0.25, -0.2) is 4.39 Å². The lowest BCUT2D eigenvalue weighted by Crippen LogP contribution is -2.36. The van der Waals surface area contributed by atoms with Gasteiger partial charge in [-0.15, -0.1) is 0 Å². The molecule has 0 saturated heterocycles. The fourth-order valence-corrected chi connectivity index (χ4v) is 1.70. The van der Waals surface area contributed by atoms with Gasteiger partial charge in [-0.3, -0.25) is 0 Å². The molecule has 0 heterocycles. The first-order valence-electron chi connectivity index (χ1n) is 6.23. The molecule has 0 fully saturated rings. The van der Waals surface area contributed by atoms with Gasteiger partial charge in [0.1, 0.15) is 5.82 Å². The van der Waals surface area contributed by atoms with E-state index in [1.54, 1.807) is 0 Å². The average Bonchev–Trinajstić information content (AvgIpc) is 2.26. The predicted octanol–water partition coefficient (Wildman–Crippen LogP) is 3.64. The molecule has 3 N–H and O–H groups in total. The fourth-order valence-electron chi connectivity index (χ4n) is 1.70. The number of hydrogen-bond donors (Lipinski definition) is 2. The van der Waals surface area contributed by atoms with E-state index in [-0.39, 0.29) is 17.4 Å². The Morgan fingerprint density at radius 3 is 2.20 bits per heavy atom. The molecule has 6 heteroatoms. The number of aliphatic hydroxyl groups excluding tert-OH is 1. The summed E-state index contributed by atoms with van der Waals surface area (Å²) in [6.45, 7) is 5.52. The van der Waals surface area contributed by atoms with Gasteiger partial charge in [0, 0.05) is 11.6 Å². The van der Waals surface area contributed by atoms with Crippen molar-refractivity contribution >= 4 is 0 Å². The highest BCUT2D eigenvalue weighted by atomic mass is 19.4. The van der Waals surface area contributed by atoms with Gasteiger partial charge in [0.05, 0.1) is 11.7 Å². The molecule has 0 radical (unpaired) electrons. The molecule has 0 unspecified atom stereocenters. The molecule has 0 aromatic heterocycles. The number of hydrogen-bond acceptors (Lipinski definition) is 2. The number of halogens is 4. The van der Waals surface area contributed by atoms with Crippen LogP contribution in [0, 0.1) is 11.2 Å². The van der Waals surface area contributed by atoms with Crippen LogP contribution < -0.4 is 5.73 Å². The van der Waals surface area contributed by atoms with Crippen LogP contribution in [0.5, 0.6) is 0 Å². The van der Waals surface area contributed by atoms with E-state index >= 15 is 0 Å². The van der Waals surface area contributed by atoms with Gasteiger partial charge in [-0.1, -0.05) is 20.8 Å². The summed E-state index contributed by atoms with van der Waals surface area (Å²) in [6.07, 6.45) is -5.96. The average molecular weight is 293 g/mol. The molecule has 1 aromatic rings. The van der Waals surface area contributed by atoms with Crippen LogP contribution in [0.1, 0.15) is 44.4 Å². The minimum atomic E-state index is -4.58. The maximum Gasteiger partial charge on any atom is 0.416 e. The van der Waals surface area contributed by atoms with E-state index in [1.165, 1.54) is 0 Å². The summed E-state index contributed by atoms with van der Waals surface area (Å²) in [4.78, 5) is 0. The normalized spacial score (nSPS) is 16.1. The molecular weight excluding hydrogens is 274 g/mol. The quantitative estimate of drug-likeness (QED) is 0.836. The van der Waals surface area contributed by atoms with Gasteiger partial charge in [-0.2, -0.15) is 13.2 Å². The van der Waals surface area contributed by atoms with Gasteiger partial charge in [0.2, 0.25) is 0 Å². The van der Waals surface area contributed by atoms with Crippen molar-refractivity contribution < 1.29 is 22.7 Å². The zero-order chi connectivity index (χ0) is 15.7. The maximum absolute atomic E-state index is 13.6. The van der Waals surface area contributed by atoms with Crippen LogP contribution in [0.3, 0.4) is 0 Å². The summed E-state index contributed by atoms with van der Waals surface area (Å²) in [5.41, 5.74) is 4.16. The zero-order valence-corrected chi connectivity index (χ0v) is 11.6. The highest BCUT2D eigenvalue weighted by Crippen LogP contribution is 2.33. The maximum atomic E-state index is 13.6. The van der Waals surface area contributed by atoms with Crippen molar-refractivity contribution in [2.45, 2.75) is 45.5 Å². The smallest absolute Gasteiger partial charge is 0.388 e. The van der Waals surface area contributed by atoms with Crippen LogP contribution in [0.15, 0.2) is 18.2 Å². The van der Waals surface area contributed by atoms with Gasteiger partial charge in [0.15, 0.2) is 0 Å². The van der Waals surface area contributed by atoms with E-state index in [0.717, 1.165) is 0 Å². The van der Waals surface area contributed by atoms with Crippen molar-refractivity contribution in [1.82, 2.24) is 0 Å². The zero-order valence-electron chi connectivity index (χ0n) is 11.6. The van der Waals surface area contributed by atoms with Crippen molar-refractivity contribution in [2.75, 3.05) is 0 Å². The lowest BCUT2D eigenvalue weighted by atomic mass is 9.83. The van der Waals surface area contributed by atoms with Gasteiger partial charge in [-0.05, 0) is 30.0 Å². The second-order valence-corrected chi connectivity index (χ2v) is 5.96. The molecule has 0 bridgehead atoms. The predicted molar refractivity (Wildman–Crippen MR) is 68.4 cm³/mol. The number of nitrogens with two attached hydrogens (primary N) is 1. The molecule has 0 aliphatic heterocycles. The molecular formula is C14H19F4NO. The third-order valence-corrected chi connectivity index (χ3v) is 3.27. The summed E-state index contributed by atoms with van der Waals surface area (Å²) in [5.74, 6) is -0.869. The standard InChI is InChI=1S/C14H19F4NO/c1-13(2,3)12(19)7-11(20)9-6-8(14(16,17)18)4-5-10(9)15/h4-6,11-12,20H,7,19H2,1-3H3/t11-,12-/m1/s1. The number of benzene rings is 1.